The molecule has 5 heteroatoms. The van der Waals surface area contributed by atoms with Crippen LogP contribution < -0.4 is 5.56 Å². The van der Waals surface area contributed by atoms with Crippen LogP contribution in [0.4, 0.5) is 4.39 Å². The fourth-order valence-corrected chi connectivity index (χ4v) is 2.57. The molecule has 0 aliphatic heterocycles. The summed E-state index contributed by atoms with van der Waals surface area (Å²) < 4.78 is 19.5. The van der Waals surface area contributed by atoms with Gasteiger partial charge in [-0.3, -0.25) is 4.79 Å². The highest BCUT2D eigenvalue weighted by Gasteiger charge is 2.46. The van der Waals surface area contributed by atoms with E-state index in [0.29, 0.717) is 24.0 Å². The number of benzene rings is 1. The maximum Gasteiger partial charge on any atom is 0.339 e. The molecule has 0 atom stereocenters. The van der Waals surface area contributed by atoms with Crippen LogP contribution in [0.15, 0.2) is 47.4 Å². The molecule has 1 aliphatic carbocycles. The van der Waals surface area contributed by atoms with Crippen molar-refractivity contribution < 1.29 is 13.9 Å². The molecule has 22 heavy (non-hydrogen) atoms. The summed E-state index contributed by atoms with van der Waals surface area (Å²) in [5.74, 6) is -0.541. The average molecular weight is 301 g/mol. The number of halogens is 1. The molecule has 1 heterocycles. The van der Waals surface area contributed by atoms with Crippen molar-refractivity contribution >= 4 is 5.97 Å². The van der Waals surface area contributed by atoms with Gasteiger partial charge in [-0.1, -0.05) is 30.3 Å². The topological polar surface area (TPSA) is 48.3 Å². The Morgan fingerprint density at radius 1 is 1.32 bits per heavy atom. The molecule has 114 valence electrons. The minimum atomic E-state index is -0.801. The molecule has 0 saturated heterocycles. The fourth-order valence-electron chi connectivity index (χ4n) is 2.57. The summed E-state index contributed by atoms with van der Waals surface area (Å²) in [5.41, 5.74) is 0.240. The van der Waals surface area contributed by atoms with Crippen LogP contribution in [0, 0.1) is 0 Å². The van der Waals surface area contributed by atoms with Gasteiger partial charge < -0.3 is 9.30 Å². The van der Waals surface area contributed by atoms with Gasteiger partial charge in [0.05, 0.1) is 18.2 Å². The first-order chi connectivity index (χ1) is 10.6. The first kappa shape index (κ1) is 14.5. The number of rotatable bonds is 4. The van der Waals surface area contributed by atoms with Crippen molar-refractivity contribution in [2.75, 3.05) is 13.8 Å². The van der Waals surface area contributed by atoms with Crippen molar-refractivity contribution in [1.29, 1.82) is 0 Å². The van der Waals surface area contributed by atoms with Crippen LogP contribution in [0.5, 0.6) is 0 Å². The number of nitrogens with zero attached hydrogens (tertiary/aromatic N) is 1. The number of methoxy groups -OCH3 is 1. The highest BCUT2D eigenvalue weighted by Crippen LogP contribution is 2.43. The van der Waals surface area contributed by atoms with Crippen LogP contribution in [0.25, 0.3) is 11.1 Å². The first-order valence-corrected chi connectivity index (χ1v) is 7.08. The van der Waals surface area contributed by atoms with E-state index in [1.807, 2.05) is 18.2 Å². The molecule has 1 saturated carbocycles. The third kappa shape index (κ3) is 2.32. The van der Waals surface area contributed by atoms with E-state index >= 15 is 0 Å². The van der Waals surface area contributed by atoms with E-state index in [-0.39, 0.29) is 11.1 Å². The minimum Gasteiger partial charge on any atom is -0.465 e. The van der Waals surface area contributed by atoms with Crippen LogP contribution in [-0.4, -0.2) is 24.3 Å². The van der Waals surface area contributed by atoms with E-state index in [1.54, 1.807) is 12.1 Å². The van der Waals surface area contributed by atoms with Gasteiger partial charge in [0.15, 0.2) is 0 Å². The second kappa shape index (κ2) is 5.40. The first-order valence-electron chi connectivity index (χ1n) is 7.08. The molecule has 4 nitrogen and oxygen atoms in total. The van der Waals surface area contributed by atoms with Crippen molar-refractivity contribution in [3.05, 3.63) is 58.5 Å². The lowest BCUT2D eigenvalue weighted by atomic mass is 10.0. The number of pyridine rings is 1. The van der Waals surface area contributed by atoms with Gasteiger partial charge in [-0.15, -0.1) is 0 Å². The number of ether oxygens (including phenoxy) is 1. The maximum atomic E-state index is 13.4. The Hall–Kier alpha value is -2.43. The maximum absolute atomic E-state index is 13.4. The van der Waals surface area contributed by atoms with Gasteiger partial charge in [0.2, 0.25) is 0 Å². The predicted octanol–water partition coefficient (Wildman–Crippen LogP) is 2.76. The molecule has 0 spiro atoms. The third-order valence-electron chi connectivity index (χ3n) is 4.11. The second-order valence-electron chi connectivity index (χ2n) is 5.53. The summed E-state index contributed by atoms with van der Waals surface area (Å²) in [6.45, 7) is -0.619. The van der Waals surface area contributed by atoms with Crippen LogP contribution in [0.2, 0.25) is 0 Å². The van der Waals surface area contributed by atoms with Crippen molar-refractivity contribution in [1.82, 2.24) is 4.57 Å². The van der Waals surface area contributed by atoms with E-state index in [9.17, 15) is 14.0 Å². The molecule has 1 fully saturated rings. The van der Waals surface area contributed by atoms with Gasteiger partial charge in [0, 0.05) is 11.8 Å². The lowest BCUT2D eigenvalue weighted by Gasteiger charge is -2.17. The molecular weight excluding hydrogens is 285 g/mol. The van der Waals surface area contributed by atoms with Crippen LogP contribution in [0.3, 0.4) is 0 Å². The zero-order chi connectivity index (χ0) is 15.7. The van der Waals surface area contributed by atoms with Crippen molar-refractivity contribution in [2.24, 2.45) is 0 Å². The summed E-state index contributed by atoms with van der Waals surface area (Å²) in [6, 6.07) is 10.6. The number of aromatic nitrogens is 1. The number of alkyl halides is 1. The van der Waals surface area contributed by atoms with E-state index in [4.69, 9.17) is 4.74 Å². The van der Waals surface area contributed by atoms with E-state index in [0.717, 1.165) is 0 Å². The molecule has 0 amide bonds. The van der Waals surface area contributed by atoms with Crippen molar-refractivity contribution in [3.63, 3.8) is 0 Å². The molecule has 0 unspecified atom stereocenters. The Morgan fingerprint density at radius 2 is 2.00 bits per heavy atom. The second-order valence-corrected chi connectivity index (χ2v) is 5.53. The molecule has 1 aromatic heterocycles. The van der Waals surface area contributed by atoms with E-state index in [2.05, 4.69) is 0 Å². The summed E-state index contributed by atoms with van der Waals surface area (Å²) in [4.78, 5) is 24.6. The standard InChI is InChI=1S/C17H16FNO3/c1-22-16(21)13-9-14(12-5-3-2-4-6-12)15(20)19(10-13)17(11-18)7-8-17/h2-6,9-10H,7-8,11H2,1H3. The zero-order valence-corrected chi connectivity index (χ0v) is 12.2. The van der Waals surface area contributed by atoms with Gasteiger partial charge in [-0.25, -0.2) is 9.18 Å². The molecule has 1 aliphatic rings. The van der Waals surface area contributed by atoms with Crippen LogP contribution in [-0.2, 0) is 10.3 Å². The number of carbonyl (C=O) groups is 1. The van der Waals surface area contributed by atoms with Crippen molar-refractivity contribution in [2.45, 2.75) is 18.4 Å². The third-order valence-corrected chi connectivity index (χ3v) is 4.11. The number of carbonyl (C=O) groups excluding carboxylic acids is 1. The highest BCUT2D eigenvalue weighted by atomic mass is 19.1. The molecule has 3 rings (SSSR count). The molecule has 0 radical (unpaired) electrons. The Morgan fingerprint density at radius 3 is 2.55 bits per heavy atom. The number of hydrogen-bond acceptors (Lipinski definition) is 3. The normalized spacial score (nSPS) is 15.4. The Balaban J connectivity index is 2.23. The molecule has 1 aromatic carbocycles. The van der Waals surface area contributed by atoms with Crippen molar-refractivity contribution in [3.8, 4) is 11.1 Å². The zero-order valence-electron chi connectivity index (χ0n) is 12.2. The summed E-state index contributed by atoms with van der Waals surface area (Å²) >= 11 is 0. The SMILES string of the molecule is COC(=O)c1cc(-c2ccccc2)c(=O)n(C2(CF)CC2)c1. The minimum absolute atomic E-state index is 0.251. The number of esters is 1. The fraction of sp³-hybridized carbons (Fsp3) is 0.294. The summed E-state index contributed by atoms with van der Waals surface area (Å²) in [6.07, 6.45) is 2.61. The Kier molecular flexibility index (Phi) is 3.56. The van der Waals surface area contributed by atoms with Gasteiger partial charge in [0.1, 0.15) is 6.67 Å². The molecular formula is C17H16FNO3. The lowest BCUT2D eigenvalue weighted by molar-refractivity contribution is 0.0599. The Bertz CT molecular complexity index is 763. The van der Waals surface area contributed by atoms with E-state index in [1.165, 1.54) is 23.9 Å². The van der Waals surface area contributed by atoms with Gasteiger partial charge in [-0.05, 0) is 24.5 Å². The predicted molar refractivity (Wildman–Crippen MR) is 80.7 cm³/mol. The van der Waals surface area contributed by atoms with E-state index < -0.39 is 18.2 Å². The van der Waals surface area contributed by atoms with Gasteiger partial charge >= 0.3 is 5.97 Å². The monoisotopic (exact) mass is 301 g/mol. The Labute approximate surface area is 127 Å². The lowest BCUT2D eigenvalue weighted by Crippen LogP contribution is -2.33. The van der Waals surface area contributed by atoms with Crippen LogP contribution >= 0.6 is 0 Å². The average Bonchev–Trinajstić information content (AvgIpc) is 3.36. The number of hydrogen-bond donors (Lipinski definition) is 0. The quantitative estimate of drug-likeness (QED) is 0.816. The smallest absolute Gasteiger partial charge is 0.339 e. The van der Waals surface area contributed by atoms with Gasteiger partial charge in [0.25, 0.3) is 5.56 Å². The van der Waals surface area contributed by atoms with Gasteiger partial charge in [-0.2, -0.15) is 0 Å². The van der Waals surface area contributed by atoms with Crippen LogP contribution in [0.1, 0.15) is 23.2 Å². The summed E-state index contributed by atoms with van der Waals surface area (Å²) in [7, 11) is 1.28. The molecule has 2 aromatic rings. The highest BCUT2D eigenvalue weighted by molar-refractivity contribution is 5.90. The molecule has 0 bridgehead atoms. The largest absolute Gasteiger partial charge is 0.465 e. The molecule has 0 N–H and O–H groups in total. The summed E-state index contributed by atoms with van der Waals surface area (Å²) in [5, 5.41) is 0.